The number of benzene rings is 3. The molecule has 1 atom stereocenters. The van der Waals surface area contributed by atoms with Crippen molar-refractivity contribution in [2.75, 3.05) is 0 Å². The van der Waals surface area contributed by atoms with Gasteiger partial charge in [0.15, 0.2) is 0 Å². The van der Waals surface area contributed by atoms with Crippen LogP contribution in [0, 0.1) is 6.92 Å². The molecule has 0 spiro atoms. The number of carbonyl (C=O) groups is 2. The molecule has 2 amide bonds. The predicted octanol–water partition coefficient (Wildman–Crippen LogP) is 6.28. The molecule has 1 aliphatic carbocycles. The number of carbonyl (C=O) groups excluding carboxylic acids is 2. The number of hydrogen-bond acceptors (Lipinski definition) is 2. The quantitative estimate of drug-likeness (QED) is 0.354. The van der Waals surface area contributed by atoms with Crippen molar-refractivity contribution in [3.8, 4) is 0 Å². The molecule has 1 N–H and O–H groups in total. The molecule has 0 heterocycles. The molecule has 1 aliphatic rings. The van der Waals surface area contributed by atoms with Crippen LogP contribution in [0.25, 0.3) is 0 Å². The van der Waals surface area contributed by atoms with Gasteiger partial charge in [0.05, 0.1) is 0 Å². The second-order valence-electron chi connectivity index (χ2n) is 9.80. The minimum atomic E-state index is -0.591. The van der Waals surface area contributed by atoms with E-state index in [9.17, 15) is 9.59 Å². The Balaban J connectivity index is 1.62. The third kappa shape index (κ3) is 7.20. The molecule has 3 aromatic carbocycles. The van der Waals surface area contributed by atoms with E-state index in [2.05, 4.69) is 11.4 Å². The lowest BCUT2D eigenvalue weighted by atomic mass is 10.0. The number of nitrogens with zero attached hydrogens (tertiary/aromatic N) is 1. The van der Waals surface area contributed by atoms with E-state index < -0.39 is 6.04 Å². The van der Waals surface area contributed by atoms with Gasteiger partial charge in [0, 0.05) is 30.5 Å². The Morgan fingerprint density at radius 2 is 1.64 bits per heavy atom. The number of aryl methyl sites for hydroxylation is 2. The van der Waals surface area contributed by atoms with E-state index in [4.69, 9.17) is 11.6 Å². The van der Waals surface area contributed by atoms with Crippen molar-refractivity contribution < 1.29 is 9.59 Å². The largest absolute Gasteiger partial charge is 0.352 e. The van der Waals surface area contributed by atoms with Crippen molar-refractivity contribution in [2.24, 2.45) is 0 Å². The van der Waals surface area contributed by atoms with Gasteiger partial charge in [0.25, 0.3) is 0 Å². The Labute approximate surface area is 219 Å². The maximum Gasteiger partial charge on any atom is 0.243 e. The summed E-state index contributed by atoms with van der Waals surface area (Å²) in [6.45, 7) is 2.43. The van der Waals surface area contributed by atoms with Crippen LogP contribution in [0.1, 0.15) is 54.4 Å². The summed E-state index contributed by atoms with van der Waals surface area (Å²) in [6.07, 6.45) is 5.58. The van der Waals surface area contributed by atoms with Crippen LogP contribution in [0.5, 0.6) is 0 Å². The summed E-state index contributed by atoms with van der Waals surface area (Å²) in [5, 5.41) is 3.92. The maximum absolute atomic E-state index is 13.8. The smallest absolute Gasteiger partial charge is 0.243 e. The van der Waals surface area contributed by atoms with Crippen LogP contribution in [-0.4, -0.2) is 28.8 Å². The molecular weight excluding hydrogens is 468 g/mol. The van der Waals surface area contributed by atoms with Crippen LogP contribution in [0.15, 0.2) is 78.9 Å². The Hall–Kier alpha value is -3.11. The van der Waals surface area contributed by atoms with Gasteiger partial charge in [0.1, 0.15) is 6.04 Å². The topological polar surface area (TPSA) is 49.4 Å². The minimum absolute atomic E-state index is 0.0427. The van der Waals surface area contributed by atoms with Crippen LogP contribution in [0.3, 0.4) is 0 Å². The molecule has 0 unspecified atom stereocenters. The van der Waals surface area contributed by atoms with E-state index in [1.165, 1.54) is 0 Å². The summed E-state index contributed by atoms with van der Waals surface area (Å²) in [5.74, 6) is -0.108. The van der Waals surface area contributed by atoms with Gasteiger partial charge in [-0.25, -0.2) is 0 Å². The average Bonchev–Trinajstić information content (AvgIpc) is 3.39. The van der Waals surface area contributed by atoms with Crippen LogP contribution < -0.4 is 5.32 Å². The van der Waals surface area contributed by atoms with E-state index in [-0.39, 0.29) is 24.3 Å². The fourth-order valence-electron chi connectivity index (χ4n) is 5.02. The van der Waals surface area contributed by atoms with E-state index in [1.54, 1.807) is 4.90 Å². The zero-order valence-electron chi connectivity index (χ0n) is 21.0. The first-order valence-corrected chi connectivity index (χ1v) is 13.3. The zero-order chi connectivity index (χ0) is 25.3. The van der Waals surface area contributed by atoms with E-state index in [0.717, 1.165) is 47.9 Å². The van der Waals surface area contributed by atoms with Gasteiger partial charge in [-0.3, -0.25) is 9.59 Å². The lowest BCUT2D eigenvalue weighted by Gasteiger charge is -2.32. The van der Waals surface area contributed by atoms with Gasteiger partial charge in [-0.2, -0.15) is 0 Å². The number of rotatable bonds is 10. The maximum atomic E-state index is 13.8. The summed E-state index contributed by atoms with van der Waals surface area (Å²) in [4.78, 5) is 29.3. The van der Waals surface area contributed by atoms with Crippen molar-refractivity contribution >= 4 is 23.4 Å². The Bertz CT molecular complexity index is 1160. The lowest BCUT2D eigenvalue weighted by Crippen LogP contribution is -2.52. The summed E-state index contributed by atoms with van der Waals surface area (Å²) < 4.78 is 0. The van der Waals surface area contributed by atoms with Crippen molar-refractivity contribution in [1.29, 1.82) is 0 Å². The van der Waals surface area contributed by atoms with Gasteiger partial charge in [-0.15, -0.1) is 0 Å². The summed E-state index contributed by atoms with van der Waals surface area (Å²) in [7, 11) is 0. The molecule has 4 rings (SSSR count). The highest BCUT2D eigenvalue weighted by atomic mass is 35.5. The third-order valence-corrected chi connectivity index (χ3v) is 7.34. The highest BCUT2D eigenvalue weighted by molar-refractivity contribution is 6.31. The molecule has 1 fully saturated rings. The van der Waals surface area contributed by atoms with Gasteiger partial charge in [-0.1, -0.05) is 103 Å². The molecule has 3 aromatic rings. The minimum Gasteiger partial charge on any atom is -0.352 e. The lowest BCUT2D eigenvalue weighted by molar-refractivity contribution is -0.141. The van der Waals surface area contributed by atoms with Crippen LogP contribution in [-0.2, 0) is 29.0 Å². The Morgan fingerprint density at radius 1 is 0.944 bits per heavy atom. The molecule has 1 saturated carbocycles. The number of nitrogens with one attached hydrogen (secondary N) is 1. The van der Waals surface area contributed by atoms with Gasteiger partial charge in [0.2, 0.25) is 11.8 Å². The standard InChI is InChI=1S/C31H35ClN2O2/c1-23-10-9-13-25(20-23)22-34(30(35)19-18-26-14-5-8-17-28(26)32)29(21-24-11-3-2-4-12-24)31(36)33-27-15-6-7-16-27/h2-5,8-14,17,20,27,29H,6-7,15-16,18-19,21-22H2,1H3,(H,33,36)/t29-/m0/s1. The fourth-order valence-corrected chi connectivity index (χ4v) is 5.25. The Kier molecular flexibility index (Phi) is 9.18. The van der Waals surface area contributed by atoms with Crippen molar-refractivity contribution in [1.82, 2.24) is 10.2 Å². The number of halogens is 1. The van der Waals surface area contributed by atoms with Gasteiger partial charge in [-0.05, 0) is 48.9 Å². The summed E-state index contributed by atoms with van der Waals surface area (Å²) in [6, 6.07) is 25.3. The molecule has 0 aromatic heterocycles. The van der Waals surface area contributed by atoms with Crippen molar-refractivity contribution in [3.63, 3.8) is 0 Å². The first-order valence-electron chi connectivity index (χ1n) is 12.9. The number of hydrogen-bond donors (Lipinski definition) is 1. The normalized spacial score (nSPS) is 14.4. The molecule has 0 saturated heterocycles. The monoisotopic (exact) mass is 502 g/mol. The number of amides is 2. The van der Waals surface area contributed by atoms with Gasteiger partial charge >= 0.3 is 0 Å². The second kappa shape index (κ2) is 12.7. The van der Waals surface area contributed by atoms with Crippen molar-refractivity contribution in [3.05, 3.63) is 106 Å². The molecule has 0 bridgehead atoms. The molecule has 0 aliphatic heterocycles. The molecular formula is C31H35ClN2O2. The fraction of sp³-hybridized carbons (Fsp3) is 0.355. The van der Waals surface area contributed by atoms with E-state index >= 15 is 0 Å². The first-order chi connectivity index (χ1) is 17.5. The molecule has 188 valence electrons. The average molecular weight is 503 g/mol. The Morgan fingerprint density at radius 3 is 2.36 bits per heavy atom. The van der Waals surface area contributed by atoms with E-state index in [0.29, 0.717) is 24.4 Å². The third-order valence-electron chi connectivity index (χ3n) is 6.97. The van der Waals surface area contributed by atoms with E-state index in [1.807, 2.05) is 79.7 Å². The second-order valence-corrected chi connectivity index (χ2v) is 10.2. The molecule has 36 heavy (non-hydrogen) atoms. The predicted molar refractivity (Wildman–Crippen MR) is 146 cm³/mol. The molecule has 4 nitrogen and oxygen atoms in total. The highest BCUT2D eigenvalue weighted by Crippen LogP contribution is 2.22. The van der Waals surface area contributed by atoms with Crippen LogP contribution in [0.4, 0.5) is 0 Å². The molecule has 5 heteroatoms. The molecule has 0 radical (unpaired) electrons. The first kappa shape index (κ1) is 26.0. The summed E-state index contributed by atoms with van der Waals surface area (Å²) in [5.41, 5.74) is 4.13. The van der Waals surface area contributed by atoms with Crippen LogP contribution >= 0.6 is 11.6 Å². The highest BCUT2D eigenvalue weighted by Gasteiger charge is 2.32. The zero-order valence-corrected chi connectivity index (χ0v) is 21.7. The van der Waals surface area contributed by atoms with Crippen LogP contribution in [0.2, 0.25) is 5.02 Å². The summed E-state index contributed by atoms with van der Waals surface area (Å²) >= 11 is 6.36. The SMILES string of the molecule is Cc1cccc(CN(C(=O)CCc2ccccc2Cl)[C@@H](Cc2ccccc2)C(=O)NC2CCCC2)c1. The van der Waals surface area contributed by atoms with Gasteiger partial charge < -0.3 is 10.2 Å². The van der Waals surface area contributed by atoms with Crippen molar-refractivity contribution in [2.45, 2.75) is 70.5 Å².